The van der Waals surface area contributed by atoms with Crippen molar-refractivity contribution < 1.29 is 18.7 Å². The molecule has 0 aliphatic heterocycles. The monoisotopic (exact) mass is 343 g/mol. The highest BCUT2D eigenvalue weighted by Gasteiger charge is 2.18. The number of halogens is 1. The predicted molar refractivity (Wildman–Crippen MR) is 93.6 cm³/mol. The zero-order valence-corrected chi connectivity index (χ0v) is 14.5. The van der Waals surface area contributed by atoms with Crippen molar-refractivity contribution in [2.24, 2.45) is 0 Å². The van der Waals surface area contributed by atoms with E-state index in [0.29, 0.717) is 13.2 Å². The van der Waals surface area contributed by atoms with Gasteiger partial charge in [0.15, 0.2) is 0 Å². The summed E-state index contributed by atoms with van der Waals surface area (Å²) in [5.74, 6) is -1.14. The first-order chi connectivity index (χ1) is 12.0. The highest BCUT2D eigenvalue weighted by Crippen LogP contribution is 2.13. The van der Waals surface area contributed by atoms with Crippen molar-refractivity contribution in [2.75, 3.05) is 13.2 Å². The topological polar surface area (TPSA) is 46.6 Å². The number of hydrogen-bond acceptors (Lipinski definition) is 3. The first kappa shape index (κ1) is 18.6. The average molecular weight is 343 g/mol. The van der Waals surface area contributed by atoms with Crippen LogP contribution in [0.5, 0.6) is 0 Å². The molecule has 25 heavy (non-hydrogen) atoms. The normalized spacial score (nSPS) is 10.4. The SMILES string of the molecule is CCOC(=O)CCN(Cc1ccc(C)cc1)C(=O)c1cccc(F)c1. The first-order valence-corrected chi connectivity index (χ1v) is 8.25. The third kappa shape index (κ3) is 5.71. The lowest BCUT2D eigenvalue weighted by molar-refractivity contribution is -0.143. The Labute approximate surface area is 147 Å². The van der Waals surface area contributed by atoms with Gasteiger partial charge in [-0.25, -0.2) is 4.39 Å². The van der Waals surface area contributed by atoms with Gasteiger partial charge >= 0.3 is 5.97 Å². The van der Waals surface area contributed by atoms with E-state index in [1.165, 1.54) is 23.1 Å². The van der Waals surface area contributed by atoms with Crippen LogP contribution in [0.25, 0.3) is 0 Å². The molecule has 0 bridgehead atoms. The second kappa shape index (κ2) is 8.97. The molecule has 2 aromatic rings. The molecule has 0 radical (unpaired) electrons. The van der Waals surface area contributed by atoms with Crippen molar-refractivity contribution >= 4 is 11.9 Å². The molecule has 4 nitrogen and oxygen atoms in total. The van der Waals surface area contributed by atoms with Gasteiger partial charge in [0.05, 0.1) is 13.0 Å². The molecular formula is C20H22FNO3. The summed E-state index contributed by atoms with van der Waals surface area (Å²) < 4.78 is 18.4. The summed E-state index contributed by atoms with van der Waals surface area (Å²) in [4.78, 5) is 25.9. The Kier molecular flexibility index (Phi) is 6.69. The molecule has 2 aromatic carbocycles. The molecule has 0 spiro atoms. The molecule has 132 valence electrons. The summed E-state index contributed by atoms with van der Waals surface area (Å²) in [7, 11) is 0. The number of hydrogen-bond donors (Lipinski definition) is 0. The maximum absolute atomic E-state index is 13.4. The van der Waals surface area contributed by atoms with Gasteiger partial charge < -0.3 is 9.64 Å². The number of amides is 1. The Bertz CT molecular complexity index is 728. The number of nitrogens with zero attached hydrogens (tertiary/aromatic N) is 1. The van der Waals surface area contributed by atoms with Crippen molar-refractivity contribution in [3.8, 4) is 0 Å². The number of aryl methyl sites for hydroxylation is 1. The van der Waals surface area contributed by atoms with Crippen LogP contribution in [0.4, 0.5) is 4.39 Å². The van der Waals surface area contributed by atoms with Gasteiger partial charge in [0.1, 0.15) is 5.82 Å². The Morgan fingerprint density at radius 2 is 1.84 bits per heavy atom. The third-order valence-corrected chi connectivity index (χ3v) is 3.74. The summed E-state index contributed by atoms with van der Waals surface area (Å²) in [5, 5.41) is 0. The lowest BCUT2D eigenvalue weighted by Gasteiger charge is -2.23. The number of rotatable bonds is 7. The van der Waals surface area contributed by atoms with Crippen LogP contribution < -0.4 is 0 Å². The fourth-order valence-corrected chi connectivity index (χ4v) is 2.43. The van der Waals surface area contributed by atoms with Crippen LogP contribution in [-0.2, 0) is 16.1 Å². The van der Waals surface area contributed by atoms with Gasteiger partial charge in [-0.2, -0.15) is 0 Å². The van der Waals surface area contributed by atoms with Gasteiger partial charge in [-0.1, -0.05) is 35.9 Å². The average Bonchev–Trinajstić information content (AvgIpc) is 2.60. The smallest absolute Gasteiger partial charge is 0.307 e. The van der Waals surface area contributed by atoms with E-state index < -0.39 is 5.82 Å². The van der Waals surface area contributed by atoms with Crippen molar-refractivity contribution in [3.05, 3.63) is 71.0 Å². The number of esters is 1. The van der Waals surface area contributed by atoms with Crippen LogP contribution in [0.15, 0.2) is 48.5 Å². The van der Waals surface area contributed by atoms with Gasteiger partial charge in [-0.3, -0.25) is 9.59 Å². The van der Waals surface area contributed by atoms with Crippen LogP contribution in [0.2, 0.25) is 0 Å². The van der Waals surface area contributed by atoms with Crippen LogP contribution in [0, 0.1) is 12.7 Å². The lowest BCUT2D eigenvalue weighted by atomic mass is 10.1. The summed E-state index contributed by atoms with van der Waals surface area (Å²) in [6.07, 6.45) is 0.0980. The number of benzene rings is 2. The standard InChI is InChI=1S/C20H22FNO3/c1-3-25-19(23)11-12-22(14-16-9-7-15(2)8-10-16)20(24)17-5-4-6-18(21)13-17/h4-10,13H,3,11-12,14H2,1-2H3. The maximum Gasteiger partial charge on any atom is 0.307 e. The van der Waals surface area contributed by atoms with E-state index >= 15 is 0 Å². The van der Waals surface area contributed by atoms with E-state index in [0.717, 1.165) is 11.1 Å². The van der Waals surface area contributed by atoms with E-state index in [1.54, 1.807) is 13.0 Å². The molecule has 5 heteroatoms. The van der Waals surface area contributed by atoms with Crippen molar-refractivity contribution in [1.82, 2.24) is 4.90 Å². The molecule has 1 amide bonds. The van der Waals surface area contributed by atoms with Crippen molar-refractivity contribution in [3.63, 3.8) is 0 Å². The summed E-state index contributed by atoms with van der Waals surface area (Å²) in [6, 6.07) is 13.4. The molecule has 0 aromatic heterocycles. The van der Waals surface area contributed by atoms with Crippen LogP contribution in [0.3, 0.4) is 0 Å². The van der Waals surface area contributed by atoms with E-state index in [1.807, 2.05) is 31.2 Å². The largest absolute Gasteiger partial charge is 0.466 e. The molecule has 0 atom stereocenters. The van der Waals surface area contributed by atoms with Crippen molar-refractivity contribution in [2.45, 2.75) is 26.8 Å². The molecule has 0 saturated heterocycles. The van der Waals surface area contributed by atoms with E-state index in [4.69, 9.17) is 4.74 Å². The number of carbonyl (C=O) groups is 2. The van der Waals surface area contributed by atoms with Gasteiger partial charge in [0, 0.05) is 18.7 Å². The molecule has 2 rings (SSSR count). The molecule has 0 fully saturated rings. The molecule has 0 aliphatic rings. The van der Waals surface area contributed by atoms with Gasteiger partial charge in [0.25, 0.3) is 5.91 Å². The van der Waals surface area contributed by atoms with Gasteiger partial charge in [-0.15, -0.1) is 0 Å². The van der Waals surface area contributed by atoms with E-state index in [9.17, 15) is 14.0 Å². The molecule has 0 unspecified atom stereocenters. The summed E-state index contributed by atoms with van der Waals surface area (Å²) in [6.45, 7) is 4.58. The Hall–Kier alpha value is -2.69. The fraction of sp³-hybridized carbons (Fsp3) is 0.300. The maximum atomic E-state index is 13.4. The quantitative estimate of drug-likeness (QED) is 0.720. The predicted octanol–water partition coefficient (Wildman–Crippen LogP) is 3.73. The van der Waals surface area contributed by atoms with Crippen LogP contribution >= 0.6 is 0 Å². The molecule has 0 N–H and O–H groups in total. The van der Waals surface area contributed by atoms with Gasteiger partial charge in [-0.05, 0) is 37.6 Å². The second-order valence-corrected chi connectivity index (χ2v) is 5.78. The Morgan fingerprint density at radius 3 is 2.48 bits per heavy atom. The minimum atomic E-state index is -0.466. The van der Waals surface area contributed by atoms with Gasteiger partial charge in [0.2, 0.25) is 0 Å². The highest BCUT2D eigenvalue weighted by molar-refractivity contribution is 5.94. The fourth-order valence-electron chi connectivity index (χ4n) is 2.43. The second-order valence-electron chi connectivity index (χ2n) is 5.78. The van der Waals surface area contributed by atoms with E-state index in [-0.39, 0.29) is 30.4 Å². The van der Waals surface area contributed by atoms with Crippen molar-refractivity contribution in [1.29, 1.82) is 0 Å². The molecule has 0 aliphatic carbocycles. The van der Waals surface area contributed by atoms with Crippen LogP contribution in [0.1, 0.15) is 34.8 Å². The first-order valence-electron chi connectivity index (χ1n) is 8.25. The minimum absolute atomic E-state index is 0.0980. The minimum Gasteiger partial charge on any atom is -0.466 e. The Morgan fingerprint density at radius 1 is 1.12 bits per heavy atom. The number of ether oxygens (including phenoxy) is 1. The summed E-state index contributed by atoms with van der Waals surface area (Å²) in [5.41, 5.74) is 2.33. The Balaban J connectivity index is 2.16. The van der Waals surface area contributed by atoms with Crippen LogP contribution in [-0.4, -0.2) is 29.9 Å². The zero-order valence-electron chi connectivity index (χ0n) is 14.5. The zero-order chi connectivity index (χ0) is 18.2. The third-order valence-electron chi connectivity index (χ3n) is 3.74. The molecule has 0 saturated carbocycles. The number of carbonyl (C=O) groups excluding carboxylic acids is 2. The highest BCUT2D eigenvalue weighted by atomic mass is 19.1. The molecular weight excluding hydrogens is 321 g/mol. The van der Waals surface area contributed by atoms with E-state index in [2.05, 4.69) is 0 Å². The lowest BCUT2D eigenvalue weighted by Crippen LogP contribution is -2.33. The molecule has 0 heterocycles. The summed E-state index contributed by atoms with van der Waals surface area (Å²) >= 11 is 0.